The van der Waals surface area contributed by atoms with Crippen LogP contribution in [0.1, 0.15) is 39.0 Å². The first-order chi connectivity index (χ1) is 8.41. The van der Waals surface area contributed by atoms with Crippen molar-refractivity contribution in [1.82, 2.24) is 0 Å². The Balaban J connectivity index is 1.67. The summed E-state index contributed by atoms with van der Waals surface area (Å²) in [4.78, 5) is 12.3. The molecule has 0 N–H and O–H groups in total. The molecule has 0 aromatic carbocycles. The number of hydrogen-bond donors (Lipinski definition) is 0. The quantitative estimate of drug-likeness (QED) is 0.778. The lowest BCUT2D eigenvalue weighted by atomic mass is 9.79. The van der Waals surface area contributed by atoms with Crippen LogP contribution in [0, 0.1) is 11.3 Å². The van der Waals surface area contributed by atoms with Crippen molar-refractivity contribution >= 4 is 15.6 Å². The lowest BCUT2D eigenvalue weighted by Gasteiger charge is -2.39. The summed E-state index contributed by atoms with van der Waals surface area (Å²) in [6, 6.07) is 0. The van der Waals surface area contributed by atoms with Crippen LogP contribution in [0.3, 0.4) is 0 Å². The zero-order chi connectivity index (χ0) is 13.0. The normalized spacial score (nSPS) is 40.2. The second-order valence-electron chi connectivity index (χ2n) is 6.53. The van der Waals surface area contributed by atoms with Gasteiger partial charge in [0.25, 0.3) is 0 Å². The van der Waals surface area contributed by atoms with Gasteiger partial charge in [0.05, 0.1) is 23.7 Å². The van der Waals surface area contributed by atoms with Crippen molar-refractivity contribution in [3.05, 3.63) is 0 Å². The van der Waals surface area contributed by atoms with E-state index in [1.807, 2.05) is 0 Å². The van der Waals surface area contributed by atoms with Crippen LogP contribution in [-0.4, -0.2) is 37.9 Å². The van der Waals surface area contributed by atoms with Crippen LogP contribution in [-0.2, 0) is 19.4 Å². The topological polar surface area (TPSA) is 60.4 Å². The predicted molar refractivity (Wildman–Crippen MR) is 67.0 cm³/mol. The molecule has 4 nitrogen and oxygen atoms in total. The molecule has 3 aliphatic heterocycles. The third kappa shape index (κ3) is 1.92. The monoisotopic (exact) mass is 272 g/mol. The number of carbonyl (C=O) groups is 1. The van der Waals surface area contributed by atoms with Crippen molar-refractivity contribution in [2.75, 3.05) is 13.2 Å². The number of hydrogen-bond acceptors (Lipinski definition) is 4. The fraction of sp³-hybridized carbons (Fsp3) is 0.923. The molecular weight excluding hydrogens is 252 g/mol. The highest BCUT2D eigenvalue weighted by Gasteiger charge is 2.49. The van der Waals surface area contributed by atoms with E-state index in [0.29, 0.717) is 32.5 Å². The summed E-state index contributed by atoms with van der Waals surface area (Å²) in [6.45, 7) is 3.40. The van der Waals surface area contributed by atoms with Gasteiger partial charge in [0.2, 0.25) is 0 Å². The van der Waals surface area contributed by atoms with E-state index in [4.69, 9.17) is 4.74 Å². The van der Waals surface area contributed by atoms with Gasteiger partial charge in [-0.3, -0.25) is 4.79 Å². The first kappa shape index (κ1) is 12.6. The number of sulfone groups is 1. The number of fused-ring (bicyclic) bond motifs is 2. The Morgan fingerprint density at radius 1 is 1.22 bits per heavy atom. The molecule has 18 heavy (non-hydrogen) atoms. The molecule has 3 saturated heterocycles. The third-order valence-corrected chi connectivity index (χ3v) is 7.51. The Labute approximate surface area is 108 Å². The molecule has 3 rings (SSSR count). The van der Waals surface area contributed by atoms with Gasteiger partial charge in [-0.25, -0.2) is 8.42 Å². The zero-order valence-electron chi connectivity index (χ0n) is 10.7. The SMILES string of the molecule is CC1(CC(=O)C2CC3CCC(C2)S3(=O)=O)COC1. The van der Waals surface area contributed by atoms with Gasteiger partial charge in [-0.2, -0.15) is 0 Å². The van der Waals surface area contributed by atoms with Gasteiger partial charge < -0.3 is 4.74 Å². The van der Waals surface area contributed by atoms with Crippen LogP contribution in [0.15, 0.2) is 0 Å². The second-order valence-corrected chi connectivity index (χ2v) is 9.04. The van der Waals surface area contributed by atoms with Gasteiger partial charge in [-0.1, -0.05) is 6.92 Å². The summed E-state index contributed by atoms with van der Waals surface area (Å²) < 4.78 is 29.1. The highest BCUT2D eigenvalue weighted by Crippen LogP contribution is 2.43. The van der Waals surface area contributed by atoms with Gasteiger partial charge in [0, 0.05) is 17.8 Å². The van der Waals surface area contributed by atoms with Crippen LogP contribution < -0.4 is 0 Å². The van der Waals surface area contributed by atoms with Crippen LogP contribution in [0.5, 0.6) is 0 Å². The maximum atomic E-state index is 12.3. The zero-order valence-corrected chi connectivity index (χ0v) is 11.5. The van der Waals surface area contributed by atoms with Crippen LogP contribution >= 0.6 is 0 Å². The number of rotatable bonds is 3. The van der Waals surface area contributed by atoms with Crippen LogP contribution in [0.25, 0.3) is 0 Å². The number of carbonyl (C=O) groups excluding carboxylic acids is 1. The first-order valence-electron chi connectivity index (χ1n) is 6.74. The smallest absolute Gasteiger partial charge is 0.156 e. The second kappa shape index (κ2) is 4.04. The Bertz CT molecular complexity index is 443. The van der Waals surface area contributed by atoms with Crippen molar-refractivity contribution in [3.8, 4) is 0 Å². The minimum absolute atomic E-state index is 0.00640. The first-order valence-corrected chi connectivity index (χ1v) is 8.35. The van der Waals surface area contributed by atoms with Gasteiger partial charge in [0.1, 0.15) is 5.78 Å². The molecule has 3 heterocycles. The van der Waals surface area contributed by atoms with Gasteiger partial charge >= 0.3 is 0 Å². The summed E-state index contributed by atoms with van der Waals surface area (Å²) >= 11 is 0. The standard InChI is InChI=1S/C13H20O4S/c1-13(7-17-8-13)6-12(14)9-4-10-2-3-11(5-9)18(10,15)16/h9-11H,2-8H2,1H3. The van der Waals surface area contributed by atoms with Crippen molar-refractivity contribution < 1.29 is 17.9 Å². The molecule has 3 fully saturated rings. The number of ether oxygens (including phenoxy) is 1. The van der Waals surface area contributed by atoms with Crippen LogP contribution in [0.4, 0.5) is 0 Å². The van der Waals surface area contributed by atoms with E-state index < -0.39 is 9.84 Å². The van der Waals surface area contributed by atoms with E-state index >= 15 is 0 Å². The van der Waals surface area contributed by atoms with Crippen molar-refractivity contribution in [2.24, 2.45) is 11.3 Å². The molecular formula is C13H20O4S. The van der Waals surface area contributed by atoms with E-state index in [-0.39, 0.29) is 27.6 Å². The highest BCUT2D eigenvalue weighted by atomic mass is 32.2. The number of Topliss-reactive ketones (excluding diaryl/α,β-unsaturated/α-hetero) is 1. The van der Waals surface area contributed by atoms with Crippen molar-refractivity contribution in [3.63, 3.8) is 0 Å². The Morgan fingerprint density at radius 3 is 2.22 bits per heavy atom. The van der Waals surface area contributed by atoms with Gasteiger partial charge in [0.15, 0.2) is 9.84 Å². The van der Waals surface area contributed by atoms with E-state index in [1.54, 1.807) is 0 Å². The molecule has 0 saturated carbocycles. The van der Waals surface area contributed by atoms with E-state index in [2.05, 4.69) is 6.92 Å². The minimum atomic E-state index is -2.91. The molecule has 2 atom stereocenters. The summed E-state index contributed by atoms with van der Waals surface area (Å²) in [7, 11) is -2.91. The highest BCUT2D eigenvalue weighted by molar-refractivity contribution is 7.93. The predicted octanol–water partition coefficient (Wildman–Crippen LogP) is 1.34. The molecule has 2 bridgehead atoms. The maximum Gasteiger partial charge on any atom is 0.156 e. The Hall–Kier alpha value is -0.420. The lowest BCUT2D eigenvalue weighted by Crippen LogP contribution is -2.44. The summed E-state index contributed by atoms with van der Waals surface area (Å²) in [6.07, 6.45) is 3.20. The van der Waals surface area contributed by atoms with Gasteiger partial charge in [-0.15, -0.1) is 0 Å². The van der Waals surface area contributed by atoms with E-state index in [9.17, 15) is 13.2 Å². The van der Waals surface area contributed by atoms with Crippen molar-refractivity contribution in [1.29, 1.82) is 0 Å². The van der Waals surface area contributed by atoms with E-state index in [1.165, 1.54) is 0 Å². The molecule has 0 spiro atoms. The molecule has 3 aliphatic rings. The molecule has 102 valence electrons. The van der Waals surface area contributed by atoms with E-state index in [0.717, 1.165) is 12.8 Å². The fourth-order valence-corrected chi connectivity index (χ4v) is 6.06. The lowest BCUT2D eigenvalue weighted by molar-refractivity contribution is -0.140. The molecule has 2 unspecified atom stereocenters. The van der Waals surface area contributed by atoms with Crippen LogP contribution in [0.2, 0.25) is 0 Å². The average Bonchev–Trinajstić information content (AvgIpc) is 2.48. The summed E-state index contributed by atoms with van der Waals surface area (Å²) in [5.41, 5.74) is 0.00640. The maximum absolute atomic E-state index is 12.3. The molecule has 0 radical (unpaired) electrons. The average molecular weight is 272 g/mol. The molecule has 5 heteroatoms. The molecule has 0 aromatic rings. The summed E-state index contributed by atoms with van der Waals surface area (Å²) in [5, 5.41) is -0.480. The molecule has 0 aliphatic carbocycles. The Kier molecular flexibility index (Phi) is 2.83. The van der Waals surface area contributed by atoms with Gasteiger partial charge in [-0.05, 0) is 25.7 Å². The summed E-state index contributed by atoms with van der Waals surface area (Å²) in [5.74, 6) is 0.232. The molecule has 0 amide bonds. The minimum Gasteiger partial charge on any atom is -0.380 e. The Morgan fingerprint density at radius 2 is 1.78 bits per heavy atom. The van der Waals surface area contributed by atoms with Crippen molar-refractivity contribution in [2.45, 2.75) is 49.5 Å². The largest absolute Gasteiger partial charge is 0.380 e. The molecule has 0 aromatic heterocycles. The number of ketones is 1. The fourth-order valence-electron chi connectivity index (χ4n) is 3.59. The third-order valence-electron chi connectivity index (χ3n) is 4.79.